The van der Waals surface area contributed by atoms with Crippen LogP contribution in [0, 0.1) is 17.8 Å². The SMILES string of the molecule is COCCOCOc1ccc(C(=O)Cl)cc1C12CC3CC(CC(C3)C1)C2. The van der Waals surface area contributed by atoms with Crippen LogP contribution in [0.25, 0.3) is 0 Å². The van der Waals surface area contributed by atoms with Crippen molar-refractivity contribution in [1.82, 2.24) is 0 Å². The Balaban J connectivity index is 1.60. The summed E-state index contributed by atoms with van der Waals surface area (Å²) in [6.45, 7) is 1.24. The molecule has 26 heavy (non-hydrogen) atoms. The Morgan fingerprint density at radius 3 is 2.35 bits per heavy atom. The maximum absolute atomic E-state index is 11.8. The van der Waals surface area contributed by atoms with Crippen LogP contribution in [0.5, 0.6) is 5.75 Å². The fourth-order valence-corrected chi connectivity index (χ4v) is 6.06. The average Bonchev–Trinajstić information content (AvgIpc) is 2.60. The quantitative estimate of drug-likeness (QED) is 0.378. The lowest BCUT2D eigenvalue weighted by molar-refractivity contribution is -0.0189. The number of hydrogen-bond acceptors (Lipinski definition) is 4. The van der Waals surface area contributed by atoms with Crippen LogP contribution >= 0.6 is 11.6 Å². The van der Waals surface area contributed by atoms with Gasteiger partial charge in [0.25, 0.3) is 5.24 Å². The molecule has 0 N–H and O–H groups in total. The van der Waals surface area contributed by atoms with E-state index in [0.29, 0.717) is 18.8 Å². The molecule has 4 fully saturated rings. The first-order chi connectivity index (χ1) is 12.6. The standard InChI is InChI=1S/C21H27ClO4/c1-24-4-5-25-13-26-19-3-2-17(20(22)23)9-18(19)21-10-14-6-15(11-21)8-16(7-14)12-21/h2-3,9,14-16H,4-8,10-13H2,1H3. The second-order valence-corrected chi connectivity index (χ2v) is 8.69. The normalized spacial score (nSPS) is 32.0. The average molecular weight is 379 g/mol. The number of carbonyl (C=O) groups excluding carboxylic acids is 1. The van der Waals surface area contributed by atoms with Crippen molar-refractivity contribution in [3.05, 3.63) is 29.3 Å². The van der Waals surface area contributed by atoms with E-state index in [-0.39, 0.29) is 12.2 Å². The summed E-state index contributed by atoms with van der Waals surface area (Å²) < 4.78 is 16.5. The highest BCUT2D eigenvalue weighted by Gasteiger charge is 2.52. The largest absolute Gasteiger partial charge is 0.467 e. The molecule has 0 aliphatic heterocycles. The predicted octanol–water partition coefficient (Wildman–Crippen LogP) is 4.53. The van der Waals surface area contributed by atoms with Gasteiger partial charge in [-0.2, -0.15) is 0 Å². The molecule has 0 saturated heterocycles. The number of methoxy groups -OCH3 is 1. The van der Waals surface area contributed by atoms with Gasteiger partial charge in [-0.3, -0.25) is 4.79 Å². The minimum Gasteiger partial charge on any atom is -0.467 e. The first kappa shape index (κ1) is 18.3. The van der Waals surface area contributed by atoms with E-state index in [1.54, 1.807) is 13.2 Å². The Hall–Kier alpha value is -1.10. The fourth-order valence-electron chi connectivity index (χ4n) is 5.94. The number of carbonyl (C=O) groups is 1. The molecule has 0 aromatic heterocycles. The molecule has 0 heterocycles. The molecule has 4 aliphatic rings. The first-order valence-electron chi connectivity index (χ1n) is 9.63. The topological polar surface area (TPSA) is 44.8 Å². The molecular formula is C21H27ClO4. The van der Waals surface area contributed by atoms with E-state index in [1.165, 1.54) is 44.1 Å². The van der Waals surface area contributed by atoms with Gasteiger partial charge in [0.1, 0.15) is 5.75 Å². The Bertz CT molecular complexity index is 637. The van der Waals surface area contributed by atoms with Crippen LogP contribution in [0.3, 0.4) is 0 Å². The number of ether oxygens (including phenoxy) is 3. The van der Waals surface area contributed by atoms with Gasteiger partial charge < -0.3 is 14.2 Å². The molecule has 4 nitrogen and oxygen atoms in total. The lowest BCUT2D eigenvalue weighted by atomic mass is 9.48. The summed E-state index contributed by atoms with van der Waals surface area (Å²) in [4.78, 5) is 11.8. The summed E-state index contributed by atoms with van der Waals surface area (Å²) in [7, 11) is 1.65. The summed E-state index contributed by atoms with van der Waals surface area (Å²) in [5.41, 5.74) is 1.86. The molecule has 0 spiro atoms. The van der Waals surface area contributed by atoms with Gasteiger partial charge in [-0.25, -0.2) is 0 Å². The van der Waals surface area contributed by atoms with Crippen LogP contribution in [0.1, 0.15) is 54.4 Å². The van der Waals surface area contributed by atoms with Crippen LogP contribution in [-0.4, -0.2) is 32.4 Å². The monoisotopic (exact) mass is 378 g/mol. The zero-order chi connectivity index (χ0) is 18.1. The second kappa shape index (κ2) is 7.49. The minimum atomic E-state index is -0.404. The Kier molecular flexibility index (Phi) is 5.27. The van der Waals surface area contributed by atoms with Crippen LogP contribution in [0.2, 0.25) is 0 Å². The lowest BCUT2D eigenvalue weighted by Gasteiger charge is -2.57. The van der Waals surface area contributed by atoms with Crippen molar-refractivity contribution in [3.63, 3.8) is 0 Å². The van der Waals surface area contributed by atoms with E-state index in [2.05, 4.69) is 0 Å². The highest BCUT2D eigenvalue weighted by Crippen LogP contribution is 2.61. The molecule has 142 valence electrons. The summed E-state index contributed by atoms with van der Waals surface area (Å²) in [5.74, 6) is 3.30. The fraction of sp³-hybridized carbons (Fsp3) is 0.667. The zero-order valence-corrected chi connectivity index (χ0v) is 16.1. The number of halogens is 1. The van der Waals surface area contributed by atoms with Crippen molar-refractivity contribution < 1.29 is 19.0 Å². The van der Waals surface area contributed by atoms with Crippen LogP contribution in [0.4, 0.5) is 0 Å². The first-order valence-corrected chi connectivity index (χ1v) is 10.0. The number of rotatable bonds is 8. The van der Waals surface area contributed by atoms with Crippen LogP contribution in [0.15, 0.2) is 18.2 Å². The van der Waals surface area contributed by atoms with Crippen molar-refractivity contribution in [2.24, 2.45) is 17.8 Å². The summed E-state index contributed by atoms with van der Waals surface area (Å²) in [5, 5.41) is -0.404. The van der Waals surface area contributed by atoms with Gasteiger partial charge >= 0.3 is 0 Å². The summed E-state index contributed by atoms with van der Waals surface area (Å²) >= 11 is 5.78. The molecule has 4 aliphatic carbocycles. The van der Waals surface area contributed by atoms with Gasteiger partial charge in [0.2, 0.25) is 0 Å². The van der Waals surface area contributed by atoms with Gasteiger partial charge in [0.05, 0.1) is 13.2 Å². The Morgan fingerprint density at radius 1 is 1.12 bits per heavy atom. The highest BCUT2D eigenvalue weighted by molar-refractivity contribution is 6.67. The van der Waals surface area contributed by atoms with Crippen molar-refractivity contribution in [2.75, 3.05) is 27.1 Å². The third-order valence-electron chi connectivity index (χ3n) is 6.55. The Morgan fingerprint density at radius 2 is 1.77 bits per heavy atom. The molecule has 0 amide bonds. The highest BCUT2D eigenvalue weighted by atomic mass is 35.5. The molecule has 0 atom stereocenters. The van der Waals surface area contributed by atoms with E-state index >= 15 is 0 Å². The lowest BCUT2D eigenvalue weighted by Crippen LogP contribution is -2.48. The van der Waals surface area contributed by atoms with Crippen molar-refractivity contribution in [2.45, 2.75) is 43.9 Å². The van der Waals surface area contributed by atoms with Crippen LogP contribution < -0.4 is 4.74 Å². The molecule has 1 aromatic rings. The van der Waals surface area contributed by atoms with Crippen molar-refractivity contribution in [3.8, 4) is 5.75 Å². The maximum atomic E-state index is 11.8. The van der Waals surface area contributed by atoms with Gasteiger partial charge in [0, 0.05) is 18.2 Å². The molecule has 1 aromatic carbocycles. The third-order valence-corrected chi connectivity index (χ3v) is 6.76. The van der Waals surface area contributed by atoms with E-state index in [9.17, 15) is 4.79 Å². The smallest absolute Gasteiger partial charge is 0.252 e. The molecule has 4 saturated carbocycles. The van der Waals surface area contributed by atoms with Crippen LogP contribution in [-0.2, 0) is 14.9 Å². The Labute approximate surface area is 160 Å². The predicted molar refractivity (Wildman–Crippen MR) is 99.8 cm³/mol. The van der Waals surface area contributed by atoms with Crippen molar-refractivity contribution >= 4 is 16.8 Å². The molecule has 5 rings (SSSR count). The van der Waals surface area contributed by atoms with Gasteiger partial charge in [-0.1, -0.05) is 0 Å². The van der Waals surface area contributed by atoms with Gasteiger partial charge in [-0.15, -0.1) is 0 Å². The van der Waals surface area contributed by atoms with Gasteiger partial charge in [0.15, 0.2) is 6.79 Å². The maximum Gasteiger partial charge on any atom is 0.252 e. The molecule has 5 heteroatoms. The molecule has 0 unspecified atom stereocenters. The van der Waals surface area contributed by atoms with Crippen molar-refractivity contribution in [1.29, 1.82) is 0 Å². The third kappa shape index (κ3) is 3.51. The molecular weight excluding hydrogens is 352 g/mol. The summed E-state index contributed by atoms with van der Waals surface area (Å²) in [6, 6.07) is 5.63. The number of hydrogen-bond donors (Lipinski definition) is 0. The van der Waals surface area contributed by atoms with Gasteiger partial charge in [-0.05, 0) is 91.5 Å². The number of benzene rings is 1. The summed E-state index contributed by atoms with van der Waals surface area (Å²) in [6.07, 6.45) is 7.76. The molecule has 0 radical (unpaired) electrons. The minimum absolute atomic E-state index is 0.138. The molecule has 4 bridgehead atoms. The zero-order valence-electron chi connectivity index (χ0n) is 15.3. The van der Waals surface area contributed by atoms with E-state index in [0.717, 1.165) is 23.5 Å². The van der Waals surface area contributed by atoms with E-state index in [1.807, 2.05) is 12.1 Å². The van der Waals surface area contributed by atoms with E-state index < -0.39 is 5.24 Å². The second-order valence-electron chi connectivity index (χ2n) is 8.35. The van der Waals surface area contributed by atoms with E-state index in [4.69, 9.17) is 25.8 Å².